The predicted octanol–water partition coefficient (Wildman–Crippen LogP) is 2.93. The number of nitrogens with one attached hydrogen (secondary N) is 2. The molecule has 2 aliphatic rings. The van der Waals surface area contributed by atoms with Crippen LogP contribution in [0.5, 0.6) is 5.75 Å². The van der Waals surface area contributed by atoms with Crippen molar-refractivity contribution in [2.45, 2.75) is 12.8 Å². The summed E-state index contributed by atoms with van der Waals surface area (Å²) in [5.41, 5.74) is 4.99. The summed E-state index contributed by atoms with van der Waals surface area (Å²) in [5.74, 6) is 2.10. The molecule has 0 spiro atoms. The standard InChI is InChI=1S/C15H17N3OS/c1-19-12-6-3-5-11(9-12)16-15(20)18-17-14-8-10-4-2-7-13(10)14/h2-3,5-7,9-10,13H,4,8H2,1H3,(H2,16,18,20)/b17-14-/t10-,13-/m1/s1. The van der Waals surface area contributed by atoms with E-state index in [1.165, 1.54) is 12.1 Å². The molecular weight excluding hydrogens is 270 g/mol. The van der Waals surface area contributed by atoms with Crippen molar-refractivity contribution in [2.75, 3.05) is 12.4 Å². The van der Waals surface area contributed by atoms with E-state index in [-0.39, 0.29) is 0 Å². The molecule has 1 aromatic carbocycles. The Hall–Kier alpha value is -1.88. The lowest BCUT2D eigenvalue weighted by molar-refractivity contribution is 0.415. The number of hydrogen-bond donors (Lipinski definition) is 2. The fourth-order valence-electron chi connectivity index (χ4n) is 2.64. The first-order valence-corrected chi connectivity index (χ1v) is 7.11. The number of hydrazone groups is 1. The lowest BCUT2D eigenvalue weighted by Gasteiger charge is -2.31. The molecular formula is C15H17N3OS. The summed E-state index contributed by atoms with van der Waals surface area (Å²) in [7, 11) is 1.64. The smallest absolute Gasteiger partial charge is 0.191 e. The van der Waals surface area contributed by atoms with E-state index < -0.39 is 0 Å². The van der Waals surface area contributed by atoms with E-state index in [0.717, 1.165) is 23.8 Å². The minimum Gasteiger partial charge on any atom is -0.497 e. The number of nitrogens with zero attached hydrogens (tertiary/aromatic N) is 1. The second-order valence-electron chi connectivity index (χ2n) is 5.05. The molecule has 0 heterocycles. The average Bonchev–Trinajstić information content (AvgIpc) is 2.81. The summed E-state index contributed by atoms with van der Waals surface area (Å²) < 4.78 is 5.17. The van der Waals surface area contributed by atoms with Crippen LogP contribution in [0.4, 0.5) is 5.69 Å². The van der Waals surface area contributed by atoms with Crippen molar-refractivity contribution in [1.29, 1.82) is 0 Å². The third-order valence-corrected chi connectivity index (χ3v) is 3.97. The second-order valence-corrected chi connectivity index (χ2v) is 5.46. The zero-order chi connectivity index (χ0) is 13.9. The topological polar surface area (TPSA) is 45.6 Å². The number of benzene rings is 1. The molecule has 0 radical (unpaired) electrons. The van der Waals surface area contributed by atoms with Crippen LogP contribution in [-0.4, -0.2) is 17.9 Å². The van der Waals surface area contributed by atoms with Gasteiger partial charge in [0.05, 0.1) is 7.11 Å². The van der Waals surface area contributed by atoms with Crippen molar-refractivity contribution in [2.24, 2.45) is 16.9 Å². The van der Waals surface area contributed by atoms with Gasteiger partial charge in [0.2, 0.25) is 0 Å². The normalized spacial score (nSPS) is 24.9. The number of ether oxygens (including phenoxy) is 1. The fraction of sp³-hybridized carbons (Fsp3) is 0.333. The van der Waals surface area contributed by atoms with Gasteiger partial charge in [-0.05, 0) is 43.1 Å². The van der Waals surface area contributed by atoms with Crippen molar-refractivity contribution in [1.82, 2.24) is 5.43 Å². The summed E-state index contributed by atoms with van der Waals surface area (Å²) in [4.78, 5) is 0. The number of rotatable bonds is 3. The van der Waals surface area contributed by atoms with Crippen LogP contribution in [0.15, 0.2) is 41.5 Å². The molecule has 104 valence electrons. The van der Waals surface area contributed by atoms with Crippen LogP contribution < -0.4 is 15.5 Å². The monoisotopic (exact) mass is 287 g/mol. The number of allylic oxidation sites excluding steroid dienone is 2. The highest BCUT2D eigenvalue weighted by Gasteiger charge is 2.37. The SMILES string of the molecule is COc1cccc(NC(=S)N/N=C2/C[C@H]3CC=C[C@@H]23)c1. The van der Waals surface area contributed by atoms with Crippen molar-refractivity contribution in [3.63, 3.8) is 0 Å². The predicted molar refractivity (Wildman–Crippen MR) is 85.1 cm³/mol. The molecule has 3 rings (SSSR count). The molecule has 4 nitrogen and oxygen atoms in total. The quantitative estimate of drug-likeness (QED) is 0.510. The van der Waals surface area contributed by atoms with Crippen molar-refractivity contribution in [3.8, 4) is 5.75 Å². The average molecular weight is 287 g/mol. The highest BCUT2D eigenvalue weighted by atomic mass is 32.1. The molecule has 0 saturated heterocycles. The van der Waals surface area contributed by atoms with E-state index >= 15 is 0 Å². The minimum atomic E-state index is 0.496. The first kappa shape index (κ1) is 13.1. The number of methoxy groups -OCH3 is 1. The van der Waals surface area contributed by atoms with E-state index in [2.05, 4.69) is 28.0 Å². The number of thiocarbonyl (C=S) groups is 1. The van der Waals surface area contributed by atoms with Crippen LogP contribution in [0.2, 0.25) is 0 Å². The summed E-state index contributed by atoms with van der Waals surface area (Å²) >= 11 is 5.24. The second kappa shape index (κ2) is 5.63. The maximum atomic E-state index is 5.24. The van der Waals surface area contributed by atoms with Gasteiger partial charge in [0.1, 0.15) is 5.75 Å². The molecule has 1 fully saturated rings. The maximum absolute atomic E-state index is 5.24. The molecule has 1 aromatic rings. The number of hydrogen-bond acceptors (Lipinski definition) is 3. The summed E-state index contributed by atoms with van der Waals surface area (Å²) in [5, 5.41) is 7.98. The van der Waals surface area contributed by atoms with E-state index in [9.17, 15) is 0 Å². The van der Waals surface area contributed by atoms with Crippen LogP contribution in [0, 0.1) is 11.8 Å². The Kier molecular flexibility index (Phi) is 3.69. The van der Waals surface area contributed by atoms with Crippen LogP contribution in [0.1, 0.15) is 12.8 Å². The van der Waals surface area contributed by atoms with Gasteiger partial charge in [-0.25, -0.2) is 0 Å². The van der Waals surface area contributed by atoms with Crippen molar-refractivity contribution >= 4 is 28.7 Å². The zero-order valence-corrected chi connectivity index (χ0v) is 12.1. The fourth-order valence-corrected chi connectivity index (χ4v) is 2.81. The Balaban J connectivity index is 1.55. The van der Waals surface area contributed by atoms with E-state index in [1.807, 2.05) is 24.3 Å². The highest BCUT2D eigenvalue weighted by molar-refractivity contribution is 7.80. The molecule has 2 aliphatic carbocycles. The molecule has 0 aromatic heterocycles. The first-order valence-electron chi connectivity index (χ1n) is 6.70. The van der Waals surface area contributed by atoms with Crippen LogP contribution in [0.25, 0.3) is 0 Å². The summed E-state index contributed by atoms with van der Waals surface area (Å²) in [6.07, 6.45) is 6.75. The van der Waals surface area contributed by atoms with Crippen molar-refractivity contribution in [3.05, 3.63) is 36.4 Å². The van der Waals surface area contributed by atoms with Crippen LogP contribution in [0.3, 0.4) is 0 Å². The molecule has 1 saturated carbocycles. The maximum Gasteiger partial charge on any atom is 0.191 e. The lowest BCUT2D eigenvalue weighted by Crippen LogP contribution is -2.36. The van der Waals surface area contributed by atoms with Crippen LogP contribution >= 0.6 is 12.2 Å². The number of anilines is 1. The minimum absolute atomic E-state index is 0.496. The van der Waals surface area contributed by atoms with Gasteiger partial charge in [0.25, 0.3) is 0 Å². The largest absolute Gasteiger partial charge is 0.497 e. The van der Waals surface area contributed by atoms with Crippen molar-refractivity contribution < 1.29 is 4.74 Å². The van der Waals surface area contributed by atoms with Gasteiger partial charge >= 0.3 is 0 Å². The van der Waals surface area contributed by atoms with Crippen LogP contribution in [-0.2, 0) is 0 Å². The van der Waals surface area contributed by atoms with Gasteiger partial charge in [-0.15, -0.1) is 0 Å². The molecule has 20 heavy (non-hydrogen) atoms. The third-order valence-electron chi connectivity index (χ3n) is 3.77. The molecule has 0 unspecified atom stereocenters. The van der Waals surface area contributed by atoms with Gasteiger partial charge in [0, 0.05) is 23.4 Å². The van der Waals surface area contributed by atoms with Gasteiger partial charge in [-0.1, -0.05) is 18.2 Å². The van der Waals surface area contributed by atoms with Gasteiger partial charge in [-0.2, -0.15) is 5.10 Å². The molecule has 2 atom stereocenters. The first-order chi connectivity index (χ1) is 9.76. The van der Waals surface area contributed by atoms with E-state index in [0.29, 0.717) is 11.0 Å². The Labute approximate surface area is 123 Å². The van der Waals surface area contributed by atoms with Gasteiger partial charge < -0.3 is 10.1 Å². The molecule has 0 amide bonds. The molecule has 0 bridgehead atoms. The molecule has 0 aliphatic heterocycles. The Morgan fingerprint density at radius 1 is 1.45 bits per heavy atom. The highest BCUT2D eigenvalue weighted by Crippen LogP contribution is 2.40. The van der Waals surface area contributed by atoms with E-state index in [4.69, 9.17) is 17.0 Å². The Morgan fingerprint density at radius 3 is 3.15 bits per heavy atom. The van der Waals surface area contributed by atoms with E-state index in [1.54, 1.807) is 7.11 Å². The lowest BCUT2D eigenvalue weighted by atomic mass is 9.74. The summed E-state index contributed by atoms with van der Waals surface area (Å²) in [6.45, 7) is 0. The molecule has 5 heteroatoms. The zero-order valence-electron chi connectivity index (χ0n) is 11.3. The third kappa shape index (κ3) is 2.67. The molecule has 2 N–H and O–H groups in total. The summed E-state index contributed by atoms with van der Waals surface area (Å²) in [6, 6.07) is 7.63. The van der Waals surface area contributed by atoms with Gasteiger partial charge in [-0.3, -0.25) is 5.43 Å². The Morgan fingerprint density at radius 2 is 2.35 bits per heavy atom. The Bertz CT molecular complexity index is 582. The van der Waals surface area contributed by atoms with Gasteiger partial charge in [0.15, 0.2) is 5.11 Å². The number of fused-ring (bicyclic) bond motifs is 1.